The molecule has 0 saturated carbocycles. The van der Waals surface area contributed by atoms with E-state index in [1.807, 2.05) is 6.26 Å². The lowest BCUT2D eigenvalue weighted by Crippen LogP contribution is -2.50. The Kier molecular flexibility index (Phi) is 8.23. The molecule has 1 aromatic carbocycles. The van der Waals surface area contributed by atoms with Gasteiger partial charge < -0.3 is 10.0 Å². The molecule has 134 valence electrons. The molecule has 2 N–H and O–H groups in total. The molecule has 0 aliphatic heterocycles. The third-order valence-corrected chi connectivity index (χ3v) is 5.41. The van der Waals surface area contributed by atoms with Crippen molar-refractivity contribution >= 4 is 33.7 Å². The molecule has 9 heteroatoms. The highest BCUT2D eigenvalue weighted by Crippen LogP contribution is 2.12. The van der Waals surface area contributed by atoms with E-state index in [2.05, 4.69) is 4.72 Å². The van der Waals surface area contributed by atoms with E-state index in [0.29, 0.717) is 5.75 Å². The van der Waals surface area contributed by atoms with Gasteiger partial charge in [-0.25, -0.2) is 8.42 Å². The molecule has 0 radical (unpaired) electrons. The molecule has 1 aromatic rings. The van der Waals surface area contributed by atoms with Crippen LogP contribution in [-0.2, 0) is 19.6 Å². The number of sulfonamides is 1. The standard InChI is InChI=1S/C15H22N2O5S2/c1-3-17(11-14(18)19)15(20)13(9-10-23-2)16-24(21,22)12-7-5-4-6-8-12/h4-8,13,16H,3,9-11H2,1-2H3,(H,18,19). The van der Waals surface area contributed by atoms with Crippen molar-refractivity contribution in [1.29, 1.82) is 0 Å². The van der Waals surface area contributed by atoms with E-state index >= 15 is 0 Å². The first-order chi connectivity index (χ1) is 11.3. The van der Waals surface area contributed by atoms with Gasteiger partial charge in [-0.15, -0.1) is 0 Å². The normalized spacial score (nSPS) is 12.6. The number of carboxylic acid groups (broad SMARTS) is 1. The summed E-state index contributed by atoms with van der Waals surface area (Å²) in [6.07, 6.45) is 2.13. The van der Waals surface area contributed by atoms with Gasteiger partial charge in [-0.1, -0.05) is 18.2 Å². The third-order valence-electron chi connectivity index (χ3n) is 3.28. The van der Waals surface area contributed by atoms with Crippen LogP contribution < -0.4 is 4.72 Å². The molecular formula is C15H22N2O5S2. The van der Waals surface area contributed by atoms with Gasteiger partial charge in [0.15, 0.2) is 0 Å². The van der Waals surface area contributed by atoms with Gasteiger partial charge in [0.05, 0.1) is 4.90 Å². The van der Waals surface area contributed by atoms with E-state index < -0.39 is 34.5 Å². The van der Waals surface area contributed by atoms with E-state index in [0.717, 1.165) is 4.90 Å². The van der Waals surface area contributed by atoms with Crippen LogP contribution in [0, 0.1) is 0 Å². The zero-order chi connectivity index (χ0) is 18.2. The second kappa shape index (κ2) is 9.65. The number of thioether (sulfide) groups is 1. The number of nitrogens with zero attached hydrogens (tertiary/aromatic N) is 1. The summed E-state index contributed by atoms with van der Waals surface area (Å²) in [5.41, 5.74) is 0. The first-order valence-electron chi connectivity index (χ1n) is 7.38. The molecule has 24 heavy (non-hydrogen) atoms. The van der Waals surface area contributed by atoms with Gasteiger partial charge in [-0.2, -0.15) is 16.5 Å². The summed E-state index contributed by atoms with van der Waals surface area (Å²) >= 11 is 1.48. The van der Waals surface area contributed by atoms with Crippen LogP contribution in [0.15, 0.2) is 35.2 Å². The number of hydrogen-bond acceptors (Lipinski definition) is 5. The van der Waals surface area contributed by atoms with Crippen LogP contribution in [0.25, 0.3) is 0 Å². The zero-order valence-corrected chi connectivity index (χ0v) is 15.3. The Morgan fingerprint density at radius 2 is 1.92 bits per heavy atom. The Labute approximate surface area is 146 Å². The predicted octanol–water partition coefficient (Wildman–Crippen LogP) is 1.02. The van der Waals surface area contributed by atoms with Crippen LogP contribution in [-0.4, -0.2) is 61.4 Å². The second-order valence-electron chi connectivity index (χ2n) is 5.01. The van der Waals surface area contributed by atoms with Crippen LogP contribution in [0.3, 0.4) is 0 Å². The minimum absolute atomic E-state index is 0.0632. The van der Waals surface area contributed by atoms with E-state index in [-0.39, 0.29) is 17.9 Å². The average Bonchev–Trinajstić information content (AvgIpc) is 2.56. The molecule has 1 rings (SSSR count). The molecule has 1 atom stereocenters. The Balaban J connectivity index is 2.99. The van der Waals surface area contributed by atoms with Crippen molar-refractivity contribution < 1.29 is 23.1 Å². The minimum Gasteiger partial charge on any atom is -0.480 e. The summed E-state index contributed by atoms with van der Waals surface area (Å²) in [5, 5.41) is 8.90. The van der Waals surface area contributed by atoms with Crippen LogP contribution in [0.1, 0.15) is 13.3 Å². The van der Waals surface area contributed by atoms with Crippen LogP contribution in [0.4, 0.5) is 0 Å². The molecule has 0 bridgehead atoms. The minimum atomic E-state index is -3.86. The summed E-state index contributed by atoms with van der Waals surface area (Å²) in [4.78, 5) is 24.6. The lowest BCUT2D eigenvalue weighted by atomic mass is 10.2. The number of aliphatic carboxylic acids is 1. The fourth-order valence-electron chi connectivity index (χ4n) is 2.05. The fourth-order valence-corrected chi connectivity index (χ4v) is 3.77. The summed E-state index contributed by atoms with van der Waals surface area (Å²) in [6, 6.07) is 6.76. The number of carbonyl (C=O) groups excluding carboxylic acids is 1. The Hall–Kier alpha value is -1.58. The zero-order valence-electron chi connectivity index (χ0n) is 13.6. The topological polar surface area (TPSA) is 104 Å². The number of hydrogen-bond donors (Lipinski definition) is 2. The van der Waals surface area contributed by atoms with E-state index in [1.54, 1.807) is 25.1 Å². The third kappa shape index (κ3) is 6.14. The molecule has 0 fully saturated rings. The van der Waals surface area contributed by atoms with E-state index in [1.165, 1.54) is 23.9 Å². The van der Waals surface area contributed by atoms with Crippen LogP contribution in [0.5, 0.6) is 0 Å². The Morgan fingerprint density at radius 1 is 1.29 bits per heavy atom. The predicted molar refractivity (Wildman–Crippen MR) is 93.4 cm³/mol. The van der Waals surface area contributed by atoms with Crippen molar-refractivity contribution in [3.05, 3.63) is 30.3 Å². The number of likely N-dealkylation sites (N-methyl/N-ethyl adjacent to an activating group) is 1. The Morgan fingerprint density at radius 3 is 2.42 bits per heavy atom. The molecule has 0 aliphatic rings. The molecule has 0 aliphatic carbocycles. The molecule has 7 nitrogen and oxygen atoms in total. The van der Waals surface area contributed by atoms with E-state index in [4.69, 9.17) is 5.11 Å². The fraction of sp³-hybridized carbons (Fsp3) is 0.467. The van der Waals surface area contributed by atoms with Gasteiger partial charge in [0.2, 0.25) is 15.9 Å². The number of benzene rings is 1. The summed E-state index contributed by atoms with van der Waals surface area (Å²) < 4.78 is 27.3. The maximum Gasteiger partial charge on any atom is 0.323 e. The quantitative estimate of drug-likeness (QED) is 0.634. The van der Waals surface area contributed by atoms with Gasteiger partial charge in [0.1, 0.15) is 12.6 Å². The second-order valence-corrected chi connectivity index (χ2v) is 7.71. The monoisotopic (exact) mass is 374 g/mol. The molecule has 0 saturated heterocycles. The number of amides is 1. The highest BCUT2D eigenvalue weighted by molar-refractivity contribution is 7.98. The van der Waals surface area contributed by atoms with Gasteiger partial charge in [-0.3, -0.25) is 9.59 Å². The maximum absolute atomic E-state index is 12.6. The summed E-state index contributed by atoms with van der Waals surface area (Å²) in [5.74, 6) is -1.11. The number of rotatable bonds is 10. The average molecular weight is 374 g/mol. The van der Waals surface area contributed by atoms with Gasteiger partial charge in [0.25, 0.3) is 0 Å². The number of carbonyl (C=O) groups is 2. The van der Waals surface area contributed by atoms with Gasteiger partial charge in [-0.05, 0) is 37.5 Å². The van der Waals surface area contributed by atoms with E-state index in [9.17, 15) is 18.0 Å². The van der Waals surface area contributed by atoms with Crippen molar-refractivity contribution in [3.63, 3.8) is 0 Å². The molecule has 1 unspecified atom stereocenters. The molecule has 1 amide bonds. The van der Waals surface area contributed by atoms with Crippen LogP contribution >= 0.6 is 11.8 Å². The number of carboxylic acids is 1. The van der Waals surface area contributed by atoms with Crippen molar-refractivity contribution in [2.24, 2.45) is 0 Å². The van der Waals surface area contributed by atoms with Crippen molar-refractivity contribution in [1.82, 2.24) is 9.62 Å². The van der Waals surface area contributed by atoms with Crippen LogP contribution in [0.2, 0.25) is 0 Å². The van der Waals surface area contributed by atoms with Gasteiger partial charge >= 0.3 is 5.97 Å². The number of nitrogens with one attached hydrogen (secondary N) is 1. The smallest absolute Gasteiger partial charge is 0.323 e. The van der Waals surface area contributed by atoms with Gasteiger partial charge in [0, 0.05) is 6.54 Å². The molecule has 0 spiro atoms. The highest BCUT2D eigenvalue weighted by atomic mass is 32.2. The Bertz CT molecular complexity index is 649. The molecular weight excluding hydrogens is 352 g/mol. The largest absolute Gasteiger partial charge is 0.480 e. The molecule has 0 aromatic heterocycles. The summed E-state index contributed by atoms with van der Waals surface area (Å²) in [6.45, 7) is 1.38. The van der Waals surface area contributed by atoms with Crippen molar-refractivity contribution in [2.45, 2.75) is 24.3 Å². The first kappa shape index (κ1) is 20.5. The first-order valence-corrected chi connectivity index (χ1v) is 10.3. The SMILES string of the molecule is CCN(CC(=O)O)C(=O)C(CCSC)NS(=O)(=O)c1ccccc1. The lowest BCUT2D eigenvalue weighted by molar-refractivity contribution is -0.145. The molecule has 0 heterocycles. The lowest BCUT2D eigenvalue weighted by Gasteiger charge is -2.25. The summed E-state index contributed by atoms with van der Waals surface area (Å²) in [7, 11) is -3.86. The van der Waals surface area contributed by atoms with Crippen molar-refractivity contribution in [3.8, 4) is 0 Å². The van der Waals surface area contributed by atoms with Crippen molar-refractivity contribution in [2.75, 3.05) is 25.1 Å². The highest BCUT2D eigenvalue weighted by Gasteiger charge is 2.29. The maximum atomic E-state index is 12.6.